The Morgan fingerprint density at radius 2 is 2.21 bits per heavy atom. The van der Waals surface area contributed by atoms with Crippen molar-refractivity contribution >= 4 is 17.6 Å². The Morgan fingerprint density at radius 3 is 2.74 bits per heavy atom. The molecule has 1 fully saturated rings. The maximum absolute atomic E-state index is 14.1. The van der Waals surface area contributed by atoms with Crippen molar-refractivity contribution in [3.8, 4) is 5.75 Å². The van der Waals surface area contributed by atoms with Crippen LogP contribution in [-0.2, 0) is 4.79 Å². The largest absolute Gasteiger partial charge is 0.491 e. The first-order chi connectivity index (χ1) is 8.95. The van der Waals surface area contributed by atoms with E-state index in [1.54, 1.807) is 0 Å². The smallest absolute Gasteiger partial charge is 0.307 e. The first kappa shape index (κ1) is 14.0. The molecule has 104 valence electrons. The molecule has 7 heteroatoms. The quantitative estimate of drug-likeness (QED) is 0.840. The van der Waals surface area contributed by atoms with Crippen LogP contribution in [0, 0.1) is 17.6 Å². The van der Waals surface area contributed by atoms with Gasteiger partial charge in [-0.2, -0.15) is 0 Å². The van der Waals surface area contributed by atoms with Crippen LogP contribution >= 0.6 is 11.6 Å². The number of hydrogen-bond acceptors (Lipinski definition) is 3. The number of carboxylic acids is 1. The standard InChI is InChI=1S/C12H12ClF2NO3/c1-19-11-9(14)6(3-7(13)10(11)15)8-2-5(4-16-8)12(17)18/h3,5,8,16H,2,4H2,1H3,(H,17,18). The lowest BCUT2D eigenvalue weighted by atomic mass is 9.99. The summed E-state index contributed by atoms with van der Waals surface area (Å²) in [5.74, 6) is -3.91. The van der Waals surface area contributed by atoms with Crippen molar-refractivity contribution < 1.29 is 23.4 Å². The normalized spacial score (nSPS) is 22.5. The van der Waals surface area contributed by atoms with Gasteiger partial charge in [-0.25, -0.2) is 8.78 Å². The highest BCUT2D eigenvalue weighted by molar-refractivity contribution is 6.31. The van der Waals surface area contributed by atoms with E-state index in [4.69, 9.17) is 16.7 Å². The Kier molecular flexibility index (Phi) is 3.91. The summed E-state index contributed by atoms with van der Waals surface area (Å²) in [6.07, 6.45) is 0.220. The lowest BCUT2D eigenvalue weighted by Gasteiger charge is -2.15. The molecule has 1 aromatic rings. The van der Waals surface area contributed by atoms with Gasteiger partial charge in [-0.3, -0.25) is 4.79 Å². The Hall–Kier alpha value is -1.40. The summed E-state index contributed by atoms with van der Waals surface area (Å²) in [4.78, 5) is 10.9. The number of nitrogens with one attached hydrogen (secondary N) is 1. The van der Waals surface area contributed by atoms with Crippen LogP contribution in [0.4, 0.5) is 8.78 Å². The fourth-order valence-electron chi connectivity index (χ4n) is 2.19. The van der Waals surface area contributed by atoms with E-state index in [1.165, 1.54) is 0 Å². The van der Waals surface area contributed by atoms with E-state index in [1.807, 2.05) is 0 Å². The number of methoxy groups -OCH3 is 1. The Bertz CT molecular complexity index is 524. The van der Waals surface area contributed by atoms with Gasteiger partial charge in [0.15, 0.2) is 17.4 Å². The first-order valence-corrected chi connectivity index (χ1v) is 6.01. The van der Waals surface area contributed by atoms with Crippen LogP contribution in [0.2, 0.25) is 5.02 Å². The van der Waals surface area contributed by atoms with Crippen molar-refractivity contribution in [2.24, 2.45) is 5.92 Å². The molecule has 1 saturated heterocycles. The van der Waals surface area contributed by atoms with Crippen molar-refractivity contribution in [3.05, 3.63) is 28.3 Å². The molecule has 0 spiro atoms. The monoisotopic (exact) mass is 291 g/mol. The molecule has 0 radical (unpaired) electrons. The second-order valence-corrected chi connectivity index (χ2v) is 4.75. The van der Waals surface area contributed by atoms with Gasteiger partial charge in [0.05, 0.1) is 18.1 Å². The average molecular weight is 292 g/mol. The number of carboxylic acid groups (broad SMARTS) is 1. The third-order valence-electron chi connectivity index (χ3n) is 3.20. The SMILES string of the molecule is COc1c(F)c(Cl)cc(C2CC(C(=O)O)CN2)c1F. The molecule has 0 amide bonds. The van der Waals surface area contributed by atoms with Gasteiger partial charge in [0.1, 0.15) is 0 Å². The molecular weight excluding hydrogens is 280 g/mol. The molecule has 0 aliphatic carbocycles. The van der Waals surface area contributed by atoms with Gasteiger partial charge >= 0.3 is 5.97 Å². The molecule has 1 aliphatic heterocycles. The van der Waals surface area contributed by atoms with Crippen LogP contribution in [0.1, 0.15) is 18.0 Å². The summed E-state index contributed by atoms with van der Waals surface area (Å²) in [5, 5.41) is 11.5. The van der Waals surface area contributed by atoms with Crippen LogP contribution < -0.4 is 10.1 Å². The number of aliphatic carboxylic acids is 1. The van der Waals surface area contributed by atoms with Gasteiger partial charge in [0.2, 0.25) is 0 Å². The molecule has 0 bridgehead atoms. The van der Waals surface area contributed by atoms with E-state index in [0.717, 1.165) is 13.2 Å². The summed E-state index contributed by atoms with van der Waals surface area (Å²) < 4.78 is 32.3. The molecule has 4 nitrogen and oxygen atoms in total. The van der Waals surface area contributed by atoms with Crippen molar-refractivity contribution in [3.63, 3.8) is 0 Å². The molecule has 2 unspecified atom stereocenters. The second-order valence-electron chi connectivity index (χ2n) is 4.34. The number of carbonyl (C=O) groups is 1. The molecule has 2 N–H and O–H groups in total. The van der Waals surface area contributed by atoms with Gasteiger partial charge in [-0.1, -0.05) is 11.6 Å². The predicted molar refractivity (Wildman–Crippen MR) is 64.4 cm³/mol. The fourth-order valence-corrected chi connectivity index (χ4v) is 2.40. The lowest BCUT2D eigenvalue weighted by Crippen LogP contribution is -2.18. The highest BCUT2D eigenvalue weighted by Gasteiger charge is 2.33. The van der Waals surface area contributed by atoms with E-state index < -0.39 is 35.3 Å². The van der Waals surface area contributed by atoms with Gasteiger partial charge in [-0.05, 0) is 12.5 Å². The van der Waals surface area contributed by atoms with Crippen LogP contribution in [0.3, 0.4) is 0 Å². The molecule has 1 heterocycles. The van der Waals surface area contributed by atoms with Crippen molar-refractivity contribution in [2.45, 2.75) is 12.5 Å². The number of rotatable bonds is 3. The lowest BCUT2D eigenvalue weighted by molar-refractivity contribution is -0.141. The molecular formula is C12H12ClF2NO3. The van der Waals surface area contributed by atoms with Crippen molar-refractivity contribution in [2.75, 3.05) is 13.7 Å². The maximum Gasteiger partial charge on any atom is 0.307 e. The first-order valence-electron chi connectivity index (χ1n) is 5.63. The Labute approximate surface area is 113 Å². The van der Waals surface area contributed by atoms with Crippen LogP contribution in [0.5, 0.6) is 5.75 Å². The van der Waals surface area contributed by atoms with Crippen molar-refractivity contribution in [1.82, 2.24) is 5.32 Å². The average Bonchev–Trinajstić information content (AvgIpc) is 2.84. The molecule has 1 aliphatic rings. The summed E-state index contributed by atoms with van der Waals surface area (Å²) in [6.45, 7) is 0.233. The maximum atomic E-state index is 14.1. The number of hydrogen-bond donors (Lipinski definition) is 2. The third kappa shape index (κ3) is 2.50. The topological polar surface area (TPSA) is 58.6 Å². The Morgan fingerprint density at radius 1 is 1.53 bits per heavy atom. The van der Waals surface area contributed by atoms with E-state index in [0.29, 0.717) is 0 Å². The van der Waals surface area contributed by atoms with Crippen LogP contribution in [0.15, 0.2) is 6.07 Å². The van der Waals surface area contributed by atoms with E-state index >= 15 is 0 Å². The predicted octanol–water partition coefficient (Wildman–Crippen LogP) is 2.36. The fraction of sp³-hybridized carbons (Fsp3) is 0.417. The molecule has 2 rings (SSSR count). The molecule has 0 aromatic heterocycles. The minimum Gasteiger partial charge on any atom is -0.491 e. The summed E-state index contributed by atoms with van der Waals surface area (Å²) in [6, 6.07) is 0.643. The highest BCUT2D eigenvalue weighted by atomic mass is 35.5. The van der Waals surface area contributed by atoms with Crippen molar-refractivity contribution in [1.29, 1.82) is 0 Å². The molecule has 2 atom stereocenters. The third-order valence-corrected chi connectivity index (χ3v) is 3.48. The molecule has 1 aromatic carbocycles. The zero-order chi connectivity index (χ0) is 14.2. The van der Waals surface area contributed by atoms with Gasteiger partial charge in [-0.15, -0.1) is 0 Å². The molecule has 0 saturated carbocycles. The minimum absolute atomic E-state index is 0.118. The number of benzene rings is 1. The van der Waals surface area contributed by atoms with E-state index in [-0.39, 0.29) is 23.6 Å². The van der Waals surface area contributed by atoms with E-state index in [2.05, 4.69) is 10.1 Å². The van der Waals surface area contributed by atoms with Crippen LogP contribution in [-0.4, -0.2) is 24.7 Å². The number of ether oxygens (including phenoxy) is 1. The number of halogens is 3. The summed E-state index contributed by atoms with van der Waals surface area (Å²) in [5.41, 5.74) is 0.118. The van der Waals surface area contributed by atoms with E-state index in [9.17, 15) is 13.6 Å². The van der Waals surface area contributed by atoms with Crippen LogP contribution in [0.25, 0.3) is 0 Å². The Balaban J connectivity index is 2.36. The summed E-state index contributed by atoms with van der Waals surface area (Å²) in [7, 11) is 1.14. The summed E-state index contributed by atoms with van der Waals surface area (Å²) >= 11 is 5.68. The van der Waals surface area contributed by atoms with Gasteiger partial charge in [0, 0.05) is 18.2 Å². The second kappa shape index (κ2) is 5.30. The zero-order valence-corrected chi connectivity index (χ0v) is 10.8. The minimum atomic E-state index is -0.960. The van der Waals surface area contributed by atoms with Gasteiger partial charge in [0.25, 0.3) is 0 Å². The zero-order valence-electron chi connectivity index (χ0n) is 10.0. The van der Waals surface area contributed by atoms with Gasteiger partial charge < -0.3 is 15.2 Å². The molecule has 19 heavy (non-hydrogen) atoms. The highest BCUT2D eigenvalue weighted by Crippen LogP contribution is 2.37.